The van der Waals surface area contributed by atoms with Crippen LogP contribution in [0.2, 0.25) is 5.02 Å². The lowest BCUT2D eigenvalue weighted by molar-refractivity contribution is -0.122. The number of nitrogens with zero attached hydrogens (tertiary/aromatic N) is 1. The maximum atomic E-state index is 13.0. The van der Waals surface area contributed by atoms with Crippen LogP contribution in [-0.2, 0) is 16.2 Å². The molecule has 3 aromatic carbocycles. The monoisotopic (exact) mass is 446 g/mol. The number of aryl methyl sites for hydroxylation is 1. The maximum absolute atomic E-state index is 13.0. The van der Waals surface area contributed by atoms with Crippen molar-refractivity contribution in [3.05, 3.63) is 100 Å². The normalized spacial score (nSPS) is 15.1. The van der Waals surface area contributed by atoms with E-state index in [1.54, 1.807) is 54.6 Å². The number of nitrogens with one attached hydrogen (secondary N) is 1. The van der Waals surface area contributed by atoms with E-state index in [-0.39, 0.29) is 5.57 Å². The minimum atomic E-state index is -0.770. The van der Waals surface area contributed by atoms with Crippen molar-refractivity contribution in [3.63, 3.8) is 0 Å². The highest BCUT2D eigenvalue weighted by Crippen LogP contribution is 2.23. The summed E-state index contributed by atoms with van der Waals surface area (Å²) in [7, 11) is 0. The zero-order chi connectivity index (χ0) is 22.7. The molecule has 160 valence electrons. The minimum absolute atomic E-state index is 0.124. The van der Waals surface area contributed by atoms with Gasteiger partial charge in [-0.05, 0) is 66.1 Å². The Kier molecular flexibility index (Phi) is 6.05. The van der Waals surface area contributed by atoms with E-state index in [1.165, 1.54) is 6.08 Å². The highest BCUT2D eigenvalue weighted by molar-refractivity contribution is 6.39. The number of carbonyl (C=O) groups excluding carboxylic acids is 3. The molecule has 0 aromatic heterocycles. The molecule has 7 heteroatoms. The number of benzene rings is 3. The molecular weight excluding hydrogens is 428 g/mol. The van der Waals surface area contributed by atoms with E-state index in [0.29, 0.717) is 28.6 Å². The summed E-state index contributed by atoms with van der Waals surface area (Å²) >= 11 is 5.89. The molecule has 1 saturated heterocycles. The number of imide groups is 2. The summed E-state index contributed by atoms with van der Waals surface area (Å²) in [5.41, 5.74) is 2.77. The average molecular weight is 447 g/mol. The fourth-order valence-electron chi connectivity index (χ4n) is 3.23. The Bertz CT molecular complexity index is 1220. The summed E-state index contributed by atoms with van der Waals surface area (Å²) < 4.78 is 5.76. The molecule has 3 aromatic rings. The summed E-state index contributed by atoms with van der Waals surface area (Å²) in [6.45, 7) is 2.24. The zero-order valence-electron chi connectivity index (χ0n) is 17.2. The second kappa shape index (κ2) is 9.08. The van der Waals surface area contributed by atoms with Crippen molar-refractivity contribution in [2.45, 2.75) is 13.5 Å². The molecule has 1 aliphatic heterocycles. The van der Waals surface area contributed by atoms with E-state index < -0.39 is 17.8 Å². The number of hydrogen-bond acceptors (Lipinski definition) is 4. The van der Waals surface area contributed by atoms with E-state index in [9.17, 15) is 14.4 Å². The molecule has 1 heterocycles. The van der Waals surface area contributed by atoms with Crippen LogP contribution in [0.25, 0.3) is 6.08 Å². The number of ether oxygens (including phenoxy) is 1. The highest BCUT2D eigenvalue weighted by atomic mass is 35.5. The van der Waals surface area contributed by atoms with E-state index in [0.717, 1.165) is 16.0 Å². The van der Waals surface area contributed by atoms with Crippen LogP contribution in [0.3, 0.4) is 0 Å². The molecule has 4 rings (SSSR count). The van der Waals surface area contributed by atoms with Crippen LogP contribution in [0.4, 0.5) is 10.5 Å². The summed E-state index contributed by atoms with van der Waals surface area (Å²) in [6.07, 6.45) is 1.45. The van der Waals surface area contributed by atoms with Gasteiger partial charge >= 0.3 is 6.03 Å². The lowest BCUT2D eigenvalue weighted by Gasteiger charge is -2.26. The van der Waals surface area contributed by atoms with Crippen LogP contribution in [0, 0.1) is 6.92 Å². The number of halogens is 1. The van der Waals surface area contributed by atoms with Crippen molar-refractivity contribution in [3.8, 4) is 5.75 Å². The first-order valence-corrected chi connectivity index (χ1v) is 10.2. The molecule has 4 amide bonds. The van der Waals surface area contributed by atoms with E-state index in [1.807, 2.05) is 25.1 Å². The van der Waals surface area contributed by atoms with Crippen molar-refractivity contribution in [2.24, 2.45) is 0 Å². The lowest BCUT2D eigenvalue weighted by Crippen LogP contribution is -2.54. The first-order valence-electron chi connectivity index (χ1n) is 9.86. The first kappa shape index (κ1) is 21.3. The Morgan fingerprint density at radius 2 is 1.69 bits per heavy atom. The molecular formula is C25H19ClN2O4. The van der Waals surface area contributed by atoms with Gasteiger partial charge in [0.15, 0.2) is 0 Å². The third-order valence-corrected chi connectivity index (χ3v) is 5.12. The molecule has 0 unspecified atom stereocenters. The van der Waals surface area contributed by atoms with Gasteiger partial charge in [-0.3, -0.25) is 14.9 Å². The van der Waals surface area contributed by atoms with Gasteiger partial charge in [0.1, 0.15) is 17.9 Å². The van der Waals surface area contributed by atoms with E-state index in [4.69, 9.17) is 16.3 Å². The topological polar surface area (TPSA) is 75.7 Å². The van der Waals surface area contributed by atoms with Crippen LogP contribution in [-0.4, -0.2) is 17.8 Å². The van der Waals surface area contributed by atoms with Crippen LogP contribution in [0.15, 0.2) is 78.4 Å². The fraction of sp³-hybridized carbons (Fsp3) is 0.0800. The number of anilines is 1. The predicted molar refractivity (Wildman–Crippen MR) is 122 cm³/mol. The fourth-order valence-corrected chi connectivity index (χ4v) is 3.36. The maximum Gasteiger partial charge on any atom is 0.335 e. The Balaban J connectivity index is 1.51. The van der Waals surface area contributed by atoms with Gasteiger partial charge in [0, 0.05) is 5.02 Å². The van der Waals surface area contributed by atoms with Crippen molar-refractivity contribution >= 4 is 41.2 Å². The van der Waals surface area contributed by atoms with Gasteiger partial charge in [-0.25, -0.2) is 9.69 Å². The van der Waals surface area contributed by atoms with E-state index in [2.05, 4.69) is 5.32 Å². The van der Waals surface area contributed by atoms with Gasteiger partial charge in [0.2, 0.25) is 0 Å². The molecule has 1 fully saturated rings. The number of barbiturate groups is 1. The summed E-state index contributed by atoms with van der Waals surface area (Å²) in [5, 5.41) is 2.89. The minimum Gasteiger partial charge on any atom is -0.489 e. The summed E-state index contributed by atoms with van der Waals surface area (Å²) in [4.78, 5) is 38.5. The Hall–Kier alpha value is -3.90. The smallest absolute Gasteiger partial charge is 0.335 e. The molecule has 32 heavy (non-hydrogen) atoms. The lowest BCUT2D eigenvalue weighted by atomic mass is 10.1. The Labute approximate surface area is 190 Å². The number of rotatable bonds is 5. The number of carbonyl (C=O) groups is 3. The molecule has 0 bridgehead atoms. The van der Waals surface area contributed by atoms with Gasteiger partial charge in [0.05, 0.1) is 5.69 Å². The third-order valence-electron chi connectivity index (χ3n) is 4.87. The second-order valence-corrected chi connectivity index (χ2v) is 7.72. The summed E-state index contributed by atoms with van der Waals surface area (Å²) in [6, 6.07) is 20.5. The molecule has 0 spiro atoms. The van der Waals surface area contributed by atoms with Gasteiger partial charge in [-0.1, -0.05) is 48.0 Å². The van der Waals surface area contributed by atoms with Crippen LogP contribution in [0.1, 0.15) is 16.7 Å². The van der Waals surface area contributed by atoms with Gasteiger partial charge in [-0.15, -0.1) is 0 Å². The number of hydrogen-bond donors (Lipinski definition) is 1. The van der Waals surface area contributed by atoms with Crippen molar-refractivity contribution in [1.29, 1.82) is 0 Å². The number of amides is 4. The Morgan fingerprint density at radius 1 is 0.969 bits per heavy atom. The molecule has 1 N–H and O–H groups in total. The van der Waals surface area contributed by atoms with Gasteiger partial charge in [0.25, 0.3) is 11.8 Å². The zero-order valence-corrected chi connectivity index (χ0v) is 17.9. The Morgan fingerprint density at radius 3 is 2.38 bits per heavy atom. The third kappa shape index (κ3) is 4.71. The molecule has 6 nitrogen and oxygen atoms in total. The molecule has 1 aliphatic rings. The average Bonchev–Trinajstić information content (AvgIpc) is 2.77. The van der Waals surface area contributed by atoms with Crippen molar-refractivity contribution in [2.75, 3.05) is 4.90 Å². The SMILES string of the molecule is Cc1cccc(N2C(=O)NC(=O)/C(=C\c3ccc(OCc4ccc(Cl)cc4)cc3)C2=O)c1. The summed E-state index contributed by atoms with van der Waals surface area (Å²) in [5.74, 6) is -0.766. The van der Waals surface area contributed by atoms with Crippen LogP contribution >= 0.6 is 11.6 Å². The second-order valence-electron chi connectivity index (χ2n) is 7.28. The standard InChI is InChI=1S/C25H19ClN2O4/c1-16-3-2-4-20(13-16)28-24(30)22(23(29)27-25(28)31)14-17-7-11-21(12-8-17)32-15-18-5-9-19(26)10-6-18/h2-14H,15H2,1H3,(H,27,29,31)/b22-14+. The van der Waals surface area contributed by atoms with E-state index >= 15 is 0 Å². The largest absolute Gasteiger partial charge is 0.489 e. The molecule has 0 atom stereocenters. The molecule has 0 saturated carbocycles. The van der Waals surface area contributed by atoms with Crippen molar-refractivity contribution < 1.29 is 19.1 Å². The van der Waals surface area contributed by atoms with Crippen LogP contribution in [0.5, 0.6) is 5.75 Å². The molecule has 0 aliphatic carbocycles. The van der Waals surface area contributed by atoms with Crippen molar-refractivity contribution in [1.82, 2.24) is 5.32 Å². The first-order chi connectivity index (χ1) is 15.4. The number of urea groups is 1. The predicted octanol–water partition coefficient (Wildman–Crippen LogP) is 4.89. The van der Waals surface area contributed by atoms with Crippen LogP contribution < -0.4 is 15.0 Å². The molecule has 0 radical (unpaired) electrons. The van der Waals surface area contributed by atoms with Gasteiger partial charge in [-0.2, -0.15) is 0 Å². The quantitative estimate of drug-likeness (QED) is 0.447. The van der Waals surface area contributed by atoms with Gasteiger partial charge < -0.3 is 4.74 Å². The highest BCUT2D eigenvalue weighted by Gasteiger charge is 2.36.